The van der Waals surface area contributed by atoms with Crippen LogP contribution in [0.25, 0.3) is 0 Å². The summed E-state index contributed by atoms with van der Waals surface area (Å²) in [6, 6.07) is 9.83. The standard InChI is InChI=1S/C15H24N2O2.ClH/c1-3-4-11-17(14-8-6-5-7-9-14)15(18)13-16-10-12-19-2;/h5-9,16H,3-4,10-13H2,1-2H3;1H. The van der Waals surface area contributed by atoms with E-state index in [9.17, 15) is 4.79 Å². The Hall–Kier alpha value is -1.10. The van der Waals surface area contributed by atoms with Crippen LogP contribution in [0.3, 0.4) is 0 Å². The first-order valence-corrected chi connectivity index (χ1v) is 6.84. The van der Waals surface area contributed by atoms with Crippen molar-refractivity contribution in [3.8, 4) is 0 Å². The fourth-order valence-corrected chi connectivity index (χ4v) is 1.79. The Labute approximate surface area is 127 Å². The molecule has 0 aliphatic rings. The van der Waals surface area contributed by atoms with Gasteiger partial charge >= 0.3 is 0 Å². The molecule has 1 aromatic carbocycles. The van der Waals surface area contributed by atoms with Crippen LogP contribution in [-0.4, -0.2) is 39.3 Å². The molecule has 0 aromatic heterocycles. The van der Waals surface area contributed by atoms with Crippen LogP contribution in [0.5, 0.6) is 0 Å². The number of hydrogen-bond acceptors (Lipinski definition) is 3. The summed E-state index contributed by atoms with van der Waals surface area (Å²) in [6.07, 6.45) is 2.09. The van der Waals surface area contributed by atoms with E-state index in [1.165, 1.54) is 0 Å². The quantitative estimate of drug-likeness (QED) is 0.712. The van der Waals surface area contributed by atoms with Gasteiger partial charge in [-0.15, -0.1) is 12.4 Å². The number of carbonyl (C=O) groups excluding carboxylic acids is 1. The van der Waals surface area contributed by atoms with Crippen molar-refractivity contribution in [2.45, 2.75) is 19.8 Å². The van der Waals surface area contributed by atoms with E-state index in [-0.39, 0.29) is 18.3 Å². The van der Waals surface area contributed by atoms with Crippen molar-refractivity contribution in [3.63, 3.8) is 0 Å². The minimum atomic E-state index is 0. The number of rotatable bonds is 9. The average molecular weight is 301 g/mol. The fourth-order valence-electron chi connectivity index (χ4n) is 1.79. The van der Waals surface area contributed by atoms with E-state index in [0.29, 0.717) is 19.7 Å². The summed E-state index contributed by atoms with van der Waals surface area (Å²) in [4.78, 5) is 14.1. The van der Waals surface area contributed by atoms with Crippen LogP contribution in [0, 0.1) is 0 Å². The molecule has 0 saturated carbocycles. The van der Waals surface area contributed by atoms with Gasteiger partial charge in [-0.2, -0.15) is 0 Å². The summed E-state index contributed by atoms with van der Waals surface area (Å²) in [7, 11) is 1.65. The number of nitrogens with one attached hydrogen (secondary N) is 1. The fraction of sp³-hybridized carbons (Fsp3) is 0.533. The zero-order valence-electron chi connectivity index (χ0n) is 12.3. The highest BCUT2D eigenvalue weighted by Crippen LogP contribution is 2.14. The average Bonchev–Trinajstić information content (AvgIpc) is 2.45. The molecular weight excluding hydrogens is 276 g/mol. The van der Waals surface area contributed by atoms with Gasteiger partial charge in [0.25, 0.3) is 0 Å². The van der Waals surface area contributed by atoms with Gasteiger partial charge in [0, 0.05) is 25.9 Å². The largest absolute Gasteiger partial charge is 0.383 e. The van der Waals surface area contributed by atoms with Gasteiger partial charge in [-0.1, -0.05) is 31.5 Å². The summed E-state index contributed by atoms with van der Waals surface area (Å²) in [6.45, 7) is 4.56. The van der Waals surface area contributed by atoms with Crippen LogP contribution in [0.15, 0.2) is 30.3 Å². The van der Waals surface area contributed by atoms with Crippen molar-refractivity contribution in [1.82, 2.24) is 5.32 Å². The highest BCUT2D eigenvalue weighted by molar-refractivity contribution is 5.94. The van der Waals surface area contributed by atoms with E-state index in [2.05, 4.69) is 12.2 Å². The molecule has 0 aliphatic heterocycles. The first kappa shape index (κ1) is 18.9. The Balaban J connectivity index is 0.00000361. The second-order valence-electron chi connectivity index (χ2n) is 4.40. The van der Waals surface area contributed by atoms with Gasteiger partial charge < -0.3 is 15.0 Å². The second-order valence-corrected chi connectivity index (χ2v) is 4.40. The predicted molar refractivity (Wildman–Crippen MR) is 85.7 cm³/mol. The lowest BCUT2D eigenvalue weighted by molar-refractivity contribution is -0.117. The van der Waals surface area contributed by atoms with E-state index < -0.39 is 0 Å². The summed E-state index contributed by atoms with van der Waals surface area (Å²) >= 11 is 0. The van der Waals surface area contributed by atoms with Crippen molar-refractivity contribution in [1.29, 1.82) is 0 Å². The van der Waals surface area contributed by atoms with Crippen LogP contribution in [0.4, 0.5) is 5.69 Å². The Morgan fingerprint density at radius 2 is 2.00 bits per heavy atom. The lowest BCUT2D eigenvalue weighted by atomic mass is 10.2. The van der Waals surface area contributed by atoms with Crippen LogP contribution >= 0.6 is 12.4 Å². The van der Waals surface area contributed by atoms with Crippen molar-refractivity contribution < 1.29 is 9.53 Å². The summed E-state index contributed by atoms with van der Waals surface area (Å²) in [5.74, 6) is 0.107. The minimum absolute atomic E-state index is 0. The number of hydrogen-bond donors (Lipinski definition) is 1. The predicted octanol–water partition coefficient (Wildman–Crippen LogP) is 2.48. The van der Waals surface area contributed by atoms with E-state index in [1.54, 1.807) is 7.11 Å². The molecule has 1 N–H and O–H groups in total. The molecule has 1 rings (SSSR count). The molecule has 20 heavy (non-hydrogen) atoms. The SMILES string of the molecule is CCCCN(C(=O)CNCCOC)c1ccccc1.Cl. The Kier molecular flexibility index (Phi) is 11.1. The van der Waals surface area contributed by atoms with E-state index in [4.69, 9.17) is 4.74 Å². The van der Waals surface area contributed by atoms with Gasteiger partial charge in [0.2, 0.25) is 5.91 Å². The normalized spacial score (nSPS) is 9.90. The van der Waals surface area contributed by atoms with E-state index in [0.717, 1.165) is 25.1 Å². The van der Waals surface area contributed by atoms with E-state index >= 15 is 0 Å². The number of para-hydroxylation sites is 1. The van der Waals surface area contributed by atoms with Gasteiger partial charge in [-0.3, -0.25) is 4.79 Å². The van der Waals surface area contributed by atoms with Crippen molar-refractivity contribution in [3.05, 3.63) is 30.3 Å². The maximum Gasteiger partial charge on any atom is 0.240 e. The number of amides is 1. The van der Waals surface area contributed by atoms with Gasteiger partial charge in [-0.05, 0) is 18.6 Å². The van der Waals surface area contributed by atoms with Crippen LogP contribution < -0.4 is 10.2 Å². The van der Waals surface area contributed by atoms with Gasteiger partial charge in [0.05, 0.1) is 13.2 Å². The van der Waals surface area contributed by atoms with Crippen molar-refractivity contribution in [2.24, 2.45) is 0 Å². The number of carbonyl (C=O) groups is 1. The molecule has 114 valence electrons. The first-order valence-electron chi connectivity index (χ1n) is 6.84. The topological polar surface area (TPSA) is 41.6 Å². The first-order chi connectivity index (χ1) is 9.29. The highest BCUT2D eigenvalue weighted by Gasteiger charge is 2.14. The third kappa shape index (κ3) is 6.89. The Morgan fingerprint density at radius 1 is 1.30 bits per heavy atom. The molecule has 0 bridgehead atoms. The third-order valence-electron chi connectivity index (χ3n) is 2.86. The number of nitrogens with zero attached hydrogens (tertiary/aromatic N) is 1. The molecule has 0 saturated heterocycles. The molecule has 0 aliphatic carbocycles. The maximum atomic E-state index is 12.2. The lowest BCUT2D eigenvalue weighted by Gasteiger charge is -2.23. The number of methoxy groups -OCH3 is 1. The smallest absolute Gasteiger partial charge is 0.240 e. The molecule has 0 heterocycles. The summed E-state index contributed by atoms with van der Waals surface area (Å²) in [5.41, 5.74) is 0.967. The summed E-state index contributed by atoms with van der Waals surface area (Å²) in [5, 5.41) is 3.10. The van der Waals surface area contributed by atoms with Crippen LogP contribution in [0.1, 0.15) is 19.8 Å². The summed E-state index contributed by atoms with van der Waals surface area (Å²) < 4.78 is 4.95. The number of anilines is 1. The number of halogens is 1. The van der Waals surface area contributed by atoms with Crippen molar-refractivity contribution >= 4 is 24.0 Å². The Bertz CT molecular complexity index is 360. The van der Waals surface area contributed by atoms with Gasteiger partial charge in [0.15, 0.2) is 0 Å². The molecular formula is C15H25ClN2O2. The molecule has 1 amide bonds. The van der Waals surface area contributed by atoms with E-state index in [1.807, 2.05) is 35.2 Å². The molecule has 0 spiro atoms. The van der Waals surface area contributed by atoms with Gasteiger partial charge in [0.1, 0.15) is 0 Å². The lowest BCUT2D eigenvalue weighted by Crippen LogP contribution is -2.39. The molecule has 0 fully saturated rings. The second kappa shape index (κ2) is 11.7. The molecule has 0 radical (unpaired) electrons. The molecule has 1 aromatic rings. The Morgan fingerprint density at radius 3 is 2.60 bits per heavy atom. The molecule has 5 heteroatoms. The van der Waals surface area contributed by atoms with Crippen LogP contribution in [-0.2, 0) is 9.53 Å². The maximum absolute atomic E-state index is 12.2. The minimum Gasteiger partial charge on any atom is -0.383 e. The van der Waals surface area contributed by atoms with Crippen molar-refractivity contribution in [2.75, 3.05) is 38.3 Å². The molecule has 0 unspecified atom stereocenters. The number of unbranched alkanes of at least 4 members (excludes halogenated alkanes) is 1. The van der Waals surface area contributed by atoms with Gasteiger partial charge in [-0.25, -0.2) is 0 Å². The number of ether oxygens (including phenoxy) is 1. The zero-order chi connectivity index (χ0) is 13.9. The molecule has 0 atom stereocenters. The third-order valence-corrected chi connectivity index (χ3v) is 2.86. The zero-order valence-corrected chi connectivity index (χ0v) is 13.1. The number of benzene rings is 1. The molecule has 4 nitrogen and oxygen atoms in total. The monoisotopic (exact) mass is 300 g/mol. The van der Waals surface area contributed by atoms with Crippen LogP contribution in [0.2, 0.25) is 0 Å². The highest BCUT2D eigenvalue weighted by atomic mass is 35.5.